The van der Waals surface area contributed by atoms with Gasteiger partial charge in [0.2, 0.25) is 11.8 Å². The number of rotatable bonds is 45. The van der Waals surface area contributed by atoms with Gasteiger partial charge in [-0.3, -0.25) is 28.8 Å². The molecule has 5 N–H and O–H groups in total. The lowest BCUT2D eigenvalue weighted by Gasteiger charge is -2.12. The van der Waals surface area contributed by atoms with E-state index < -0.39 is 17.9 Å². The molecule has 0 radical (unpaired) electrons. The monoisotopic (exact) mass is 828 g/mol. The highest BCUT2D eigenvalue weighted by molar-refractivity contribution is 5.84. The molecule has 0 heterocycles. The van der Waals surface area contributed by atoms with Crippen LogP contribution < -0.4 is 16.0 Å². The van der Waals surface area contributed by atoms with Crippen LogP contribution >= 0.6 is 0 Å². The lowest BCUT2D eigenvalue weighted by Crippen LogP contribution is -2.29. The summed E-state index contributed by atoms with van der Waals surface area (Å²) in [6, 6.07) is 0. The van der Waals surface area contributed by atoms with Gasteiger partial charge >= 0.3 is 11.9 Å². The van der Waals surface area contributed by atoms with Crippen molar-refractivity contribution in [3.8, 4) is 0 Å². The van der Waals surface area contributed by atoms with Gasteiger partial charge in [0.25, 0.3) is 0 Å². The van der Waals surface area contributed by atoms with Crippen LogP contribution in [0.25, 0.3) is 0 Å². The second-order valence-electron chi connectivity index (χ2n) is 14.7. The molecule has 0 bridgehead atoms. The molecule has 58 heavy (non-hydrogen) atoms. The van der Waals surface area contributed by atoms with E-state index in [1.165, 1.54) is 44.9 Å². The van der Waals surface area contributed by atoms with Crippen molar-refractivity contribution in [1.82, 2.24) is 16.0 Å². The topological polar surface area (TPSA) is 216 Å². The first-order chi connectivity index (χ1) is 28.0. The van der Waals surface area contributed by atoms with Gasteiger partial charge in [0.1, 0.15) is 18.2 Å². The predicted molar refractivity (Wildman–Crippen MR) is 222 cm³/mol. The van der Waals surface area contributed by atoms with Gasteiger partial charge in [-0.05, 0) is 25.7 Å². The molecule has 0 saturated carbocycles. The van der Waals surface area contributed by atoms with E-state index in [2.05, 4.69) is 22.5 Å². The summed E-state index contributed by atoms with van der Waals surface area (Å²) >= 11 is 0. The Kier molecular flexibility index (Phi) is 38.0. The number of Topliss-reactive ketones (excluding diaryl/α,β-unsaturated/α-hetero) is 2. The van der Waals surface area contributed by atoms with Crippen molar-refractivity contribution in [3.63, 3.8) is 0 Å². The molecule has 0 aliphatic rings. The van der Waals surface area contributed by atoms with Crippen LogP contribution in [-0.2, 0) is 47.7 Å². The molecule has 2 amide bonds. The summed E-state index contributed by atoms with van der Waals surface area (Å²) in [5, 5.41) is 26.8. The molecule has 15 heteroatoms. The summed E-state index contributed by atoms with van der Waals surface area (Å²) < 4.78 is 21.7. The van der Waals surface area contributed by atoms with E-state index in [0.717, 1.165) is 44.9 Å². The first-order valence-electron chi connectivity index (χ1n) is 21.8. The van der Waals surface area contributed by atoms with E-state index in [0.29, 0.717) is 77.5 Å². The fourth-order valence-electron chi connectivity index (χ4n) is 5.96. The number of nitrogens with one attached hydrogen (secondary N) is 3. The van der Waals surface area contributed by atoms with Gasteiger partial charge in [-0.1, -0.05) is 90.6 Å². The molecule has 0 aliphatic carbocycles. The largest absolute Gasteiger partial charge is 0.481 e. The smallest absolute Gasteiger partial charge is 0.306 e. The van der Waals surface area contributed by atoms with E-state index >= 15 is 0 Å². The molecule has 0 aromatic carbocycles. The number of hydrogen-bond acceptors (Lipinski definition) is 11. The second kappa shape index (κ2) is 40.4. The highest BCUT2D eigenvalue weighted by Gasteiger charge is 2.22. The Labute approximate surface area is 347 Å². The van der Waals surface area contributed by atoms with Crippen LogP contribution in [0.15, 0.2) is 12.3 Å². The SMILES string of the molecule is C=C(COCCOCCNC(=O)CC[C@H](CC(=O)CCCCCCCCCCCCCCCCC(=O)O)C(=O)O)NCCOCCOCC(=O)NCCCC(=O)CC. The number of carboxylic acid groups (broad SMARTS) is 2. The number of ether oxygens (including phenoxy) is 4. The number of unbranched alkanes of at least 4 members (excludes halogenated alkanes) is 13. The van der Waals surface area contributed by atoms with Crippen LogP contribution in [0.5, 0.6) is 0 Å². The van der Waals surface area contributed by atoms with Crippen molar-refractivity contribution in [1.29, 1.82) is 0 Å². The number of ketones is 2. The molecular formula is C43H77N3O12. The third-order valence-electron chi connectivity index (χ3n) is 9.43. The van der Waals surface area contributed by atoms with Crippen molar-refractivity contribution in [2.75, 3.05) is 72.5 Å². The highest BCUT2D eigenvalue weighted by Crippen LogP contribution is 2.17. The Bertz CT molecular complexity index is 1120. The van der Waals surface area contributed by atoms with Gasteiger partial charge < -0.3 is 45.1 Å². The summed E-state index contributed by atoms with van der Waals surface area (Å²) in [5.74, 6) is -3.01. The molecule has 0 saturated heterocycles. The van der Waals surface area contributed by atoms with E-state index in [9.17, 15) is 33.9 Å². The van der Waals surface area contributed by atoms with Crippen LogP contribution in [-0.4, -0.2) is 118 Å². The normalized spacial score (nSPS) is 11.5. The fourth-order valence-corrected chi connectivity index (χ4v) is 5.96. The Balaban J connectivity index is 3.65. The summed E-state index contributed by atoms with van der Waals surface area (Å²) in [6.45, 7) is 9.24. The minimum atomic E-state index is -1.05. The molecule has 0 unspecified atom stereocenters. The molecular weight excluding hydrogens is 750 g/mol. The highest BCUT2D eigenvalue weighted by atomic mass is 16.5. The van der Waals surface area contributed by atoms with Gasteiger partial charge in [0, 0.05) is 63.9 Å². The summed E-state index contributed by atoms with van der Waals surface area (Å²) in [4.78, 5) is 69.8. The fraction of sp³-hybridized carbons (Fsp3) is 0.814. The Morgan fingerprint density at radius 3 is 1.50 bits per heavy atom. The van der Waals surface area contributed by atoms with Crippen LogP contribution in [0.2, 0.25) is 0 Å². The van der Waals surface area contributed by atoms with E-state index in [4.69, 9.17) is 24.1 Å². The maximum atomic E-state index is 12.4. The summed E-state index contributed by atoms with van der Waals surface area (Å²) in [6.07, 6.45) is 17.7. The Morgan fingerprint density at radius 1 is 0.500 bits per heavy atom. The number of carboxylic acids is 2. The van der Waals surface area contributed by atoms with Gasteiger partial charge in [-0.2, -0.15) is 0 Å². The minimum Gasteiger partial charge on any atom is -0.481 e. The predicted octanol–water partition coefficient (Wildman–Crippen LogP) is 5.91. The zero-order valence-corrected chi connectivity index (χ0v) is 35.6. The second-order valence-corrected chi connectivity index (χ2v) is 14.7. The third kappa shape index (κ3) is 39.4. The van der Waals surface area contributed by atoms with E-state index in [-0.39, 0.29) is 75.4 Å². The van der Waals surface area contributed by atoms with E-state index in [1.54, 1.807) is 0 Å². The molecule has 0 fully saturated rings. The lowest BCUT2D eigenvalue weighted by molar-refractivity contribution is -0.144. The molecule has 0 aliphatic heterocycles. The minimum absolute atomic E-state index is 0.0272. The van der Waals surface area contributed by atoms with Crippen molar-refractivity contribution < 1.29 is 57.9 Å². The van der Waals surface area contributed by atoms with Crippen molar-refractivity contribution in [2.24, 2.45) is 5.92 Å². The average Bonchev–Trinajstić information content (AvgIpc) is 3.19. The Hall–Kier alpha value is -3.40. The maximum Gasteiger partial charge on any atom is 0.306 e. The quantitative estimate of drug-likeness (QED) is 0.0452. The number of carbonyl (C=O) groups is 6. The number of amides is 2. The lowest BCUT2D eigenvalue weighted by atomic mass is 9.94. The maximum absolute atomic E-state index is 12.4. The zero-order valence-electron chi connectivity index (χ0n) is 35.6. The first kappa shape index (κ1) is 54.6. The average molecular weight is 828 g/mol. The summed E-state index contributed by atoms with van der Waals surface area (Å²) in [7, 11) is 0. The van der Waals surface area contributed by atoms with Gasteiger partial charge in [0.05, 0.1) is 52.2 Å². The number of aliphatic carboxylic acids is 2. The van der Waals surface area contributed by atoms with Crippen LogP contribution in [0, 0.1) is 5.92 Å². The van der Waals surface area contributed by atoms with Gasteiger partial charge in [-0.15, -0.1) is 0 Å². The Morgan fingerprint density at radius 2 is 0.966 bits per heavy atom. The number of carbonyl (C=O) groups excluding carboxylic acids is 4. The third-order valence-corrected chi connectivity index (χ3v) is 9.43. The van der Waals surface area contributed by atoms with E-state index in [1.807, 2.05) is 6.92 Å². The van der Waals surface area contributed by atoms with Crippen molar-refractivity contribution in [3.05, 3.63) is 12.3 Å². The van der Waals surface area contributed by atoms with Crippen LogP contribution in [0.4, 0.5) is 0 Å². The van der Waals surface area contributed by atoms with Gasteiger partial charge in [-0.25, -0.2) is 0 Å². The van der Waals surface area contributed by atoms with Crippen molar-refractivity contribution >= 4 is 35.3 Å². The van der Waals surface area contributed by atoms with Crippen LogP contribution in [0.3, 0.4) is 0 Å². The molecule has 0 aromatic rings. The number of hydrogen-bond donors (Lipinski definition) is 5. The molecule has 0 rings (SSSR count). The standard InChI is InChI=1S/C43H77N3O12/c1-3-38(47)20-18-24-45-41(50)35-58-32-30-55-27-25-44-36(2)34-57-31-29-56-28-26-46-40(49)23-22-37(43(53)54)33-39(48)19-16-14-12-10-8-6-4-5-7-9-11-13-15-17-21-42(51)52/h37,44H,2-35H2,1H3,(H,45,50)(H,46,49)(H,51,52)(H,53,54)/t37-/m1/s1. The van der Waals surface area contributed by atoms with Gasteiger partial charge in [0.15, 0.2) is 0 Å². The molecule has 15 nitrogen and oxygen atoms in total. The molecule has 1 atom stereocenters. The molecule has 0 spiro atoms. The zero-order chi connectivity index (χ0) is 42.9. The summed E-state index contributed by atoms with van der Waals surface area (Å²) in [5.41, 5.74) is 0.687. The molecule has 0 aromatic heterocycles. The first-order valence-corrected chi connectivity index (χ1v) is 21.8. The van der Waals surface area contributed by atoms with Crippen LogP contribution in [0.1, 0.15) is 148 Å². The van der Waals surface area contributed by atoms with Crippen molar-refractivity contribution in [2.45, 2.75) is 148 Å². The molecule has 336 valence electrons.